The van der Waals surface area contributed by atoms with Crippen LogP contribution in [-0.4, -0.2) is 72.6 Å². The minimum atomic E-state index is -1.37. The summed E-state index contributed by atoms with van der Waals surface area (Å²) < 4.78 is 7.27. The third kappa shape index (κ3) is 4.16. The van der Waals surface area contributed by atoms with Gasteiger partial charge in [-0.2, -0.15) is 9.78 Å². The van der Waals surface area contributed by atoms with E-state index in [2.05, 4.69) is 26.0 Å². The van der Waals surface area contributed by atoms with Crippen molar-refractivity contribution in [3.63, 3.8) is 0 Å². The van der Waals surface area contributed by atoms with Crippen LogP contribution < -0.4 is 11.3 Å². The second kappa shape index (κ2) is 9.06. The summed E-state index contributed by atoms with van der Waals surface area (Å²) in [6, 6.07) is 9.40. The van der Waals surface area contributed by atoms with Gasteiger partial charge < -0.3 is 20.6 Å². The van der Waals surface area contributed by atoms with Crippen molar-refractivity contribution in [2.24, 2.45) is 5.73 Å². The van der Waals surface area contributed by atoms with Gasteiger partial charge in [0.05, 0.1) is 30.3 Å². The number of morpholine rings is 1. The van der Waals surface area contributed by atoms with Crippen LogP contribution in [0.4, 0.5) is 4.79 Å². The minimum Gasteiger partial charge on any atom is -0.477 e. The van der Waals surface area contributed by atoms with Crippen molar-refractivity contribution in [2.75, 3.05) is 26.3 Å². The van der Waals surface area contributed by atoms with E-state index in [0.717, 1.165) is 40.0 Å². The number of rotatable bonds is 5. The number of aromatic nitrogens is 5. The summed E-state index contributed by atoms with van der Waals surface area (Å²) in [4.78, 5) is 47.0. The molecule has 4 N–H and O–H groups in total. The Kier molecular flexibility index (Phi) is 5.90. The Balaban J connectivity index is 1.56. The molecule has 0 spiro atoms. The van der Waals surface area contributed by atoms with Gasteiger partial charge >= 0.3 is 12.0 Å². The number of hydrogen-bond donors (Lipinski definition) is 3. The van der Waals surface area contributed by atoms with Crippen molar-refractivity contribution in [3.8, 4) is 17.3 Å². The molecule has 0 aliphatic carbocycles. The molecule has 0 unspecified atom stereocenters. The number of amides is 1. The van der Waals surface area contributed by atoms with E-state index in [4.69, 9.17) is 10.5 Å². The highest BCUT2D eigenvalue weighted by Crippen LogP contribution is 2.23. The number of benzene rings is 1. The predicted molar refractivity (Wildman–Crippen MR) is 129 cm³/mol. The molecule has 0 saturated carbocycles. The topological polar surface area (TPSA) is 161 Å². The zero-order valence-corrected chi connectivity index (χ0v) is 19.7. The molecule has 1 aromatic carbocycles. The SMILES string of the molecule is Cc1cc(C)n(-c2[c]c(-c3nc4cc(CN5CCOCC5)ccc4[nH]3)nn2C(N)=O)c(=O)c1C(=O)O. The number of aromatic amines is 1. The molecular formula is C24H24N7O5. The normalized spacial score (nSPS) is 14.4. The highest BCUT2D eigenvalue weighted by atomic mass is 16.5. The number of carbonyl (C=O) groups is 2. The molecule has 1 aliphatic rings. The number of aromatic carboxylic acids is 1. The molecule has 3 aromatic heterocycles. The van der Waals surface area contributed by atoms with E-state index >= 15 is 0 Å². The van der Waals surface area contributed by atoms with Gasteiger partial charge in [-0.15, -0.1) is 0 Å². The van der Waals surface area contributed by atoms with E-state index in [0.29, 0.717) is 35.8 Å². The van der Waals surface area contributed by atoms with Crippen LogP contribution in [0.5, 0.6) is 0 Å². The molecule has 1 saturated heterocycles. The van der Waals surface area contributed by atoms with Crippen molar-refractivity contribution in [2.45, 2.75) is 20.4 Å². The zero-order chi connectivity index (χ0) is 25.6. The van der Waals surface area contributed by atoms with Crippen molar-refractivity contribution >= 4 is 23.0 Å². The molecule has 1 amide bonds. The number of imidazole rings is 1. The number of aryl methyl sites for hydroxylation is 2. The first-order valence-corrected chi connectivity index (χ1v) is 11.3. The van der Waals surface area contributed by atoms with Crippen molar-refractivity contribution in [1.29, 1.82) is 0 Å². The van der Waals surface area contributed by atoms with Crippen LogP contribution in [0.3, 0.4) is 0 Å². The number of primary amides is 1. The lowest BCUT2D eigenvalue weighted by molar-refractivity contribution is 0.0342. The fraction of sp³-hybridized carbons (Fsp3) is 0.292. The monoisotopic (exact) mass is 490 g/mol. The van der Waals surface area contributed by atoms with Crippen LogP contribution in [0.15, 0.2) is 29.1 Å². The molecule has 36 heavy (non-hydrogen) atoms. The largest absolute Gasteiger partial charge is 0.477 e. The van der Waals surface area contributed by atoms with E-state index in [9.17, 15) is 19.5 Å². The van der Waals surface area contributed by atoms with Gasteiger partial charge in [0.1, 0.15) is 11.3 Å². The number of ether oxygens (including phenoxy) is 1. The summed E-state index contributed by atoms with van der Waals surface area (Å²) in [5, 5.41) is 13.7. The van der Waals surface area contributed by atoms with Crippen molar-refractivity contribution < 1.29 is 19.4 Å². The Bertz CT molecular complexity index is 1560. The number of carboxylic acid groups (broad SMARTS) is 1. The minimum absolute atomic E-state index is 0.101. The predicted octanol–water partition coefficient (Wildman–Crippen LogP) is 1.45. The zero-order valence-electron chi connectivity index (χ0n) is 19.7. The first kappa shape index (κ1) is 23.5. The number of nitrogens with two attached hydrogens (primary N) is 1. The van der Waals surface area contributed by atoms with E-state index in [1.165, 1.54) is 13.0 Å². The Hall–Kier alpha value is -4.29. The molecule has 1 fully saturated rings. The summed E-state index contributed by atoms with van der Waals surface area (Å²) in [6.45, 7) is 7.09. The first-order valence-electron chi connectivity index (χ1n) is 11.3. The molecule has 4 aromatic rings. The smallest absolute Gasteiger partial charge is 0.341 e. The molecule has 12 heteroatoms. The first-order chi connectivity index (χ1) is 17.2. The number of pyridine rings is 1. The van der Waals surface area contributed by atoms with Gasteiger partial charge in [-0.05, 0) is 43.2 Å². The lowest BCUT2D eigenvalue weighted by atomic mass is 10.1. The number of hydrogen-bond acceptors (Lipinski definition) is 7. The van der Waals surface area contributed by atoms with E-state index in [-0.39, 0.29) is 11.5 Å². The highest BCUT2D eigenvalue weighted by Gasteiger charge is 2.24. The average molecular weight is 491 g/mol. The van der Waals surface area contributed by atoms with E-state index < -0.39 is 23.1 Å². The maximum absolute atomic E-state index is 13.0. The lowest BCUT2D eigenvalue weighted by Gasteiger charge is -2.26. The second-order valence-electron chi connectivity index (χ2n) is 8.66. The number of carboxylic acids is 1. The van der Waals surface area contributed by atoms with Gasteiger partial charge in [0.2, 0.25) is 0 Å². The van der Waals surface area contributed by atoms with Crippen LogP contribution in [0.25, 0.3) is 28.4 Å². The fourth-order valence-electron chi connectivity index (χ4n) is 4.44. The maximum atomic E-state index is 13.0. The molecule has 1 radical (unpaired) electrons. The van der Waals surface area contributed by atoms with Gasteiger partial charge in [0, 0.05) is 25.3 Å². The van der Waals surface area contributed by atoms with Gasteiger partial charge in [-0.3, -0.25) is 14.3 Å². The molecule has 0 bridgehead atoms. The number of nitrogens with one attached hydrogen (secondary N) is 1. The van der Waals surface area contributed by atoms with Crippen LogP contribution in [0.1, 0.15) is 27.2 Å². The van der Waals surface area contributed by atoms with E-state index in [1.54, 1.807) is 6.92 Å². The Labute approximate surface area is 204 Å². The van der Waals surface area contributed by atoms with Gasteiger partial charge in [0.15, 0.2) is 11.6 Å². The fourth-order valence-corrected chi connectivity index (χ4v) is 4.44. The van der Waals surface area contributed by atoms with Crippen LogP contribution in [0.2, 0.25) is 0 Å². The number of nitrogens with zero attached hydrogens (tertiary/aromatic N) is 5. The Morgan fingerprint density at radius 1 is 1.22 bits per heavy atom. The quantitative estimate of drug-likeness (QED) is 0.379. The van der Waals surface area contributed by atoms with Crippen molar-refractivity contribution in [1.82, 2.24) is 29.2 Å². The molecule has 0 atom stereocenters. The van der Waals surface area contributed by atoms with Crippen LogP contribution in [-0.2, 0) is 11.3 Å². The molecule has 1 aliphatic heterocycles. The van der Waals surface area contributed by atoms with E-state index in [1.807, 2.05) is 18.2 Å². The second-order valence-corrected chi connectivity index (χ2v) is 8.66. The summed E-state index contributed by atoms with van der Waals surface area (Å²) in [6.07, 6.45) is 0. The average Bonchev–Trinajstić information content (AvgIpc) is 3.43. The standard InChI is InChI=1S/C24H24N7O5/c1-13-9-14(2)30(22(32)20(13)23(33)34)19-11-18(28-31(19)24(25)35)21-26-16-4-3-15(10-17(16)27-21)12-29-5-7-36-8-6-29/h3-4,9-10H,5-8,12H2,1-2H3,(H2,25,35)(H,26,27)(H,33,34). The molecule has 5 rings (SSSR count). The number of H-pyrrole nitrogens is 1. The van der Waals surface area contributed by atoms with Gasteiger partial charge in [0.25, 0.3) is 5.56 Å². The third-order valence-electron chi connectivity index (χ3n) is 6.14. The molecule has 12 nitrogen and oxygen atoms in total. The summed E-state index contributed by atoms with van der Waals surface area (Å²) in [5.41, 5.74) is 7.70. The highest BCUT2D eigenvalue weighted by molar-refractivity contribution is 5.89. The molecular weight excluding hydrogens is 466 g/mol. The maximum Gasteiger partial charge on any atom is 0.341 e. The Morgan fingerprint density at radius 2 is 1.97 bits per heavy atom. The van der Waals surface area contributed by atoms with Crippen LogP contribution in [0, 0.1) is 19.9 Å². The molecule has 4 heterocycles. The summed E-state index contributed by atoms with van der Waals surface area (Å²) >= 11 is 0. The van der Waals surface area contributed by atoms with Gasteiger partial charge in [-0.25, -0.2) is 14.6 Å². The number of carbonyl (C=O) groups excluding carboxylic acids is 1. The summed E-state index contributed by atoms with van der Waals surface area (Å²) in [5.74, 6) is -1.15. The van der Waals surface area contributed by atoms with Gasteiger partial charge in [-0.1, -0.05) is 6.07 Å². The summed E-state index contributed by atoms with van der Waals surface area (Å²) in [7, 11) is 0. The lowest BCUT2D eigenvalue weighted by Crippen LogP contribution is -2.35. The Morgan fingerprint density at radius 3 is 2.67 bits per heavy atom. The third-order valence-corrected chi connectivity index (χ3v) is 6.14. The molecule has 185 valence electrons. The number of fused-ring (bicyclic) bond motifs is 1. The van der Waals surface area contributed by atoms with Crippen molar-refractivity contribution in [3.05, 3.63) is 63.1 Å². The van der Waals surface area contributed by atoms with Crippen LogP contribution >= 0.6 is 0 Å².